The van der Waals surface area contributed by atoms with E-state index in [1.165, 1.54) is 19.3 Å². The number of pyridine rings is 1. The van der Waals surface area contributed by atoms with Crippen molar-refractivity contribution in [3.8, 4) is 0 Å². The first-order chi connectivity index (χ1) is 8.04. The predicted molar refractivity (Wildman–Crippen MR) is 57.6 cm³/mol. The van der Waals surface area contributed by atoms with Crippen molar-refractivity contribution < 1.29 is 19.5 Å². The van der Waals surface area contributed by atoms with Crippen molar-refractivity contribution in [1.82, 2.24) is 15.6 Å². The van der Waals surface area contributed by atoms with Crippen LogP contribution in [0.25, 0.3) is 0 Å². The van der Waals surface area contributed by atoms with Crippen molar-refractivity contribution in [3.05, 3.63) is 29.6 Å². The third-order valence-electron chi connectivity index (χ3n) is 1.93. The molecule has 0 bridgehead atoms. The summed E-state index contributed by atoms with van der Waals surface area (Å²) in [7, 11) is 1.45. The minimum atomic E-state index is -1.22. The Labute approximate surface area is 96.9 Å². The van der Waals surface area contributed by atoms with Gasteiger partial charge in [-0.05, 0) is 12.1 Å². The number of carboxylic acids is 1. The molecule has 0 aromatic carbocycles. The maximum Gasteiger partial charge on any atom is 0.354 e. The summed E-state index contributed by atoms with van der Waals surface area (Å²) in [6, 6.07) is 2.51. The molecule has 1 aromatic rings. The van der Waals surface area contributed by atoms with Gasteiger partial charge in [0.15, 0.2) is 0 Å². The lowest BCUT2D eigenvalue weighted by Crippen LogP contribution is -2.35. The standard InChI is InChI=1S/C10H11N3O4/c1-11-8(14)5-13-9(15)6-2-3-12-7(4-6)10(16)17/h2-4H,5H2,1H3,(H,11,14)(H,13,15)(H,16,17). The summed E-state index contributed by atoms with van der Waals surface area (Å²) in [5, 5.41) is 13.4. The van der Waals surface area contributed by atoms with E-state index in [2.05, 4.69) is 15.6 Å². The summed E-state index contributed by atoms with van der Waals surface area (Å²) in [5.41, 5.74) is -0.0844. The molecule has 0 aliphatic carbocycles. The molecule has 1 heterocycles. The number of nitrogens with zero attached hydrogens (tertiary/aromatic N) is 1. The number of likely N-dealkylation sites (N-methyl/N-ethyl adjacent to an activating group) is 1. The van der Waals surface area contributed by atoms with E-state index in [9.17, 15) is 14.4 Å². The molecule has 0 fully saturated rings. The van der Waals surface area contributed by atoms with Crippen molar-refractivity contribution in [3.63, 3.8) is 0 Å². The molecule has 2 amide bonds. The molecule has 7 heteroatoms. The molecule has 0 aliphatic heterocycles. The number of aromatic carboxylic acids is 1. The lowest BCUT2D eigenvalue weighted by atomic mass is 10.2. The largest absolute Gasteiger partial charge is 0.477 e. The van der Waals surface area contributed by atoms with Crippen LogP contribution in [0.2, 0.25) is 0 Å². The Kier molecular flexibility index (Phi) is 4.15. The first-order valence-corrected chi connectivity index (χ1v) is 4.72. The quantitative estimate of drug-likeness (QED) is 0.638. The van der Waals surface area contributed by atoms with E-state index in [0.717, 1.165) is 6.07 Å². The molecule has 0 aliphatic rings. The SMILES string of the molecule is CNC(=O)CNC(=O)c1ccnc(C(=O)O)c1. The lowest BCUT2D eigenvalue weighted by Gasteiger charge is -2.04. The van der Waals surface area contributed by atoms with Gasteiger partial charge >= 0.3 is 5.97 Å². The number of carboxylic acid groups (broad SMARTS) is 1. The van der Waals surface area contributed by atoms with Gasteiger partial charge in [0.05, 0.1) is 6.54 Å². The number of carbonyl (C=O) groups excluding carboxylic acids is 2. The first-order valence-electron chi connectivity index (χ1n) is 4.72. The van der Waals surface area contributed by atoms with Gasteiger partial charge < -0.3 is 15.7 Å². The van der Waals surface area contributed by atoms with Gasteiger partial charge in [0.25, 0.3) is 5.91 Å². The zero-order valence-electron chi connectivity index (χ0n) is 9.06. The van der Waals surface area contributed by atoms with Gasteiger partial charge in [-0.2, -0.15) is 0 Å². The maximum absolute atomic E-state index is 11.5. The summed E-state index contributed by atoms with van der Waals surface area (Å²) in [5.74, 6) is -2.09. The van der Waals surface area contributed by atoms with Crippen molar-refractivity contribution in [2.45, 2.75) is 0 Å². The van der Waals surface area contributed by atoms with E-state index in [4.69, 9.17) is 5.11 Å². The van der Waals surface area contributed by atoms with Gasteiger partial charge in [-0.1, -0.05) is 0 Å². The van der Waals surface area contributed by atoms with Crippen molar-refractivity contribution in [1.29, 1.82) is 0 Å². The highest BCUT2D eigenvalue weighted by molar-refractivity contribution is 5.98. The number of carbonyl (C=O) groups is 3. The van der Waals surface area contributed by atoms with Crippen LogP contribution in [-0.2, 0) is 4.79 Å². The zero-order chi connectivity index (χ0) is 12.8. The lowest BCUT2D eigenvalue weighted by molar-refractivity contribution is -0.119. The second kappa shape index (κ2) is 5.59. The van der Waals surface area contributed by atoms with E-state index in [1.807, 2.05) is 0 Å². The van der Waals surface area contributed by atoms with E-state index >= 15 is 0 Å². The van der Waals surface area contributed by atoms with Crippen LogP contribution in [-0.4, -0.2) is 41.5 Å². The molecular formula is C10H11N3O4. The Morgan fingerprint density at radius 3 is 2.71 bits per heavy atom. The molecule has 17 heavy (non-hydrogen) atoms. The number of hydrogen-bond donors (Lipinski definition) is 3. The predicted octanol–water partition coefficient (Wildman–Crippen LogP) is -0.744. The molecule has 3 N–H and O–H groups in total. The highest BCUT2D eigenvalue weighted by atomic mass is 16.4. The Hall–Kier alpha value is -2.44. The van der Waals surface area contributed by atoms with Crippen molar-refractivity contribution in [2.24, 2.45) is 0 Å². The van der Waals surface area contributed by atoms with Gasteiger partial charge in [0.1, 0.15) is 5.69 Å². The Morgan fingerprint density at radius 1 is 1.41 bits per heavy atom. The van der Waals surface area contributed by atoms with Gasteiger partial charge in [0.2, 0.25) is 5.91 Å². The molecule has 1 rings (SSSR count). The normalized spacial score (nSPS) is 9.47. The van der Waals surface area contributed by atoms with Crippen LogP contribution in [0.5, 0.6) is 0 Å². The zero-order valence-corrected chi connectivity index (χ0v) is 9.06. The number of nitrogens with one attached hydrogen (secondary N) is 2. The molecule has 0 saturated carbocycles. The fourth-order valence-electron chi connectivity index (χ4n) is 1.04. The Morgan fingerprint density at radius 2 is 2.12 bits per heavy atom. The van der Waals surface area contributed by atoms with E-state index in [1.54, 1.807) is 0 Å². The Bertz CT molecular complexity index is 459. The minimum absolute atomic E-state index is 0.140. The number of rotatable bonds is 4. The molecule has 0 radical (unpaired) electrons. The molecule has 0 unspecified atom stereocenters. The van der Waals surface area contributed by atoms with Gasteiger partial charge in [-0.15, -0.1) is 0 Å². The number of amides is 2. The van der Waals surface area contributed by atoms with Crippen LogP contribution in [0.4, 0.5) is 0 Å². The second-order valence-corrected chi connectivity index (χ2v) is 3.09. The summed E-state index contributed by atoms with van der Waals surface area (Å²) in [4.78, 5) is 36.6. The van der Waals surface area contributed by atoms with E-state index in [0.29, 0.717) is 0 Å². The highest BCUT2D eigenvalue weighted by Crippen LogP contribution is 2.01. The van der Waals surface area contributed by atoms with Crippen LogP contribution in [0.15, 0.2) is 18.3 Å². The second-order valence-electron chi connectivity index (χ2n) is 3.09. The third kappa shape index (κ3) is 3.56. The maximum atomic E-state index is 11.5. The monoisotopic (exact) mass is 237 g/mol. The molecule has 0 spiro atoms. The molecular weight excluding hydrogens is 226 g/mol. The van der Waals surface area contributed by atoms with Crippen LogP contribution in [0.1, 0.15) is 20.8 Å². The topological polar surface area (TPSA) is 108 Å². The van der Waals surface area contributed by atoms with Crippen molar-refractivity contribution in [2.75, 3.05) is 13.6 Å². The van der Waals surface area contributed by atoms with Crippen LogP contribution in [0, 0.1) is 0 Å². The van der Waals surface area contributed by atoms with Crippen LogP contribution < -0.4 is 10.6 Å². The number of aromatic nitrogens is 1. The van der Waals surface area contributed by atoms with E-state index < -0.39 is 11.9 Å². The summed E-state index contributed by atoms with van der Waals surface area (Å²) in [6.45, 7) is -0.167. The van der Waals surface area contributed by atoms with Crippen LogP contribution >= 0.6 is 0 Å². The molecule has 0 saturated heterocycles. The summed E-state index contributed by atoms with van der Waals surface area (Å²) < 4.78 is 0. The highest BCUT2D eigenvalue weighted by Gasteiger charge is 2.11. The summed E-state index contributed by atoms with van der Waals surface area (Å²) in [6.07, 6.45) is 1.22. The van der Waals surface area contributed by atoms with Gasteiger partial charge in [-0.3, -0.25) is 9.59 Å². The first kappa shape index (κ1) is 12.6. The number of hydrogen-bond acceptors (Lipinski definition) is 4. The summed E-state index contributed by atoms with van der Waals surface area (Å²) >= 11 is 0. The van der Waals surface area contributed by atoms with Gasteiger partial charge in [-0.25, -0.2) is 9.78 Å². The molecule has 90 valence electrons. The van der Waals surface area contributed by atoms with E-state index in [-0.39, 0.29) is 23.7 Å². The fraction of sp³-hybridized carbons (Fsp3) is 0.200. The molecule has 0 atom stereocenters. The smallest absolute Gasteiger partial charge is 0.354 e. The molecule has 7 nitrogen and oxygen atoms in total. The van der Waals surface area contributed by atoms with Crippen molar-refractivity contribution >= 4 is 17.8 Å². The van der Waals surface area contributed by atoms with Crippen LogP contribution in [0.3, 0.4) is 0 Å². The average molecular weight is 237 g/mol. The fourth-order valence-corrected chi connectivity index (χ4v) is 1.04. The Balaban J connectivity index is 2.72. The molecule has 1 aromatic heterocycles. The van der Waals surface area contributed by atoms with Gasteiger partial charge in [0, 0.05) is 18.8 Å². The minimum Gasteiger partial charge on any atom is -0.477 e. The average Bonchev–Trinajstić information content (AvgIpc) is 2.35. The third-order valence-corrected chi connectivity index (χ3v) is 1.93.